The van der Waals surface area contributed by atoms with Gasteiger partial charge in [-0.3, -0.25) is 19.3 Å². The summed E-state index contributed by atoms with van der Waals surface area (Å²) in [6.45, 7) is 3.49. The largest absolute Gasteiger partial charge is 0.497 e. The zero-order chi connectivity index (χ0) is 31.1. The summed E-state index contributed by atoms with van der Waals surface area (Å²) >= 11 is 6.41. The lowest BCUT2D eigenvalue weighted by Gasteiger charge is -2.25. The van der Waals surface area contributed by atoms with Crippen molar-refractivity contribution in [2.24, 2.45) is 17.8 Å². The van der Waals surface area contributed by atoms with Crippen LogP contribution in [0.1, 0.15) is 52.5 Å². The van der Waals surface area contributed by atoms with Crippen molar-refractivity contribution < 1.29 is 28.7 Å². The monoisotopic (exact) mass is 610 g/mol. The fourth-order valence-electron chi connectivity index (χ4n) is 6.23. The molecule has 4 aromatic rings. The van der Waals surface area contributed by atoms with Gasteiger partial charge < -0.3 is 9.47 Å². The number of amides is 2. The van der Waals surface area contributed by atoms with Crippen molar-refractivity contribution in [1.29, 1.82) is 0 Å². The summed E-state index contributed by atoms with van der Waals surface area (Å²) in [6, 6.07) is 18.6. The highest BCUT2D eigenvalue weighted by atomic mass is 35.5. The number of aryl methyl sites for hydroxylation is 1. The van der Waals surface area contributed by atoms with E-state index in [4.69, 9.17) is 26.1 Å². The molecule has 2 fully saturated rings. The summed E-state index contributed by atoms with van der Waals surface area (Å²) in [5, 5.41) is 1.03. The Morgan fingerprint density at radius 1 is 0.977 bits per heavy atom. The lowest BCUT2D eigenvalue weighted by Crippen LogP contribution is -2.30. The highest BCUT2D eigenvalue weighted by Gasteiger charge is 2.49. The van der Waals surface area contributed by atoms with Gasteiger partial charge in [0.05, 0.1) is 41.4 Å². The molecule has 1 saturated heterocycles. The quantitative estimate of drug-likeness (QED) is 0.128. The first-order valence-electron chi connectivity index (χ1n) is 14.6. The molecular formula is C35H31ClN2O6. The number of carbonyl (C=O) groups excluding carboxylic acids is 4. The lowest BCUT2D eigenvalue weighted by molar-refractivity contribution is -0.122. The summed E-state index contributed by atoms with van der Waals surface area (Å²) in [5.41, 5.74) is 3.46. The van der Waals surface area contributed by atoms with Crippen LogP contribution in [0.4, 0.5) is 5.69 Å². The highest BCUT2D eigenvalue weighted by Crippen LogP contribution is 2.42. The molecule has 3 atom stereocenters. The molecule has 1 aliphatic carbocycles. The van der Waals surface area contributed by atoms with Crippen molar-refractivity contribution in [2.45, 2.75) is 33.1 Å². The number of pyridine rings is 1. The van der Waals surface area contributed by atoms with Gasteiger partial charge in [0.25, 0.3) is 0 Å². The van der Waals surface area contributed by atoms with Crippen LogP contribution >= 0.6 is 11.6 Å². The van der Waals surface area contributed by atoms with Crippen molar-refractivity contribution in [2.75, 3.05) is 18.6 Å². The van der Waals surface area contributed by atoms with E-state index in [1.807, 2.05) is 6.92 Å². The van der Waals surface area contributed by atoms with Gasteiger partial charge in [-0.15, -0.1) is 0 Å². The molecule has 0 spiro atoms. The second kappa shape index (κ2) is 11.8. The number of aromatic nitrogens is 1. The Kier molecular flexibility index (Phi) is 7.95. The van der Waals surface area contributed by atoms with E-state index in [9.17, 15) is 19.2 Å². The fourth-order valence-corrected chi connectivity index (χ4v) is 6.39. The second-order valence-electron chi connectivity index (χ2n) is 11.5. The number of ether oxygens (including phenoxy) is 2. The third kappa shape index (κ3) is 5.35. The van der Waals surface area contributed by atoms with Gasteiger partial charge in [0.1, 0.15) is 5.75 Å². The number of Topliss-reactive ketones (excluding diaryl/α,β-unsaturated/α-hetero) is 1. The van der Waals surface area contributed by atoms with Crippen LogP contribution in [0, 0.1) is 24.7 Å². The molecule has 1 aliphatic heterocycles. The molecule has 0 bridgehead atoms. The average molecular weight is 611 g/mol. The number of methoxy groups -OCH3 is 1. The van der Waals surface area contributed by atoms with Gasteiger partial charge in [-0.05, 0) is 74.1 Å². The van der Waals surface area contributed by atoms with Gasteiger partial charge in [0, 0.05) is 21.5 Å². The van der Waals surface area contributed by atoms with Gasteiger partial charge in [-0.25, -0.2) is 9.78 Å². The second-order valence-corrected chi connectivity index (χ2v) is 12.0. The van der Waals surface area contributed by atoms with Gasteiger partial charge in [-0.1, -0.05) is 48.9 Å². The van der Waals surface area contributed by atoms with Gasteiger partial charge in [-0.2, -0.15) is 0 Å². The summed E-state index contributed by atoms with van der Waals surface area (Å²) < 4.78 is 10.7. The maximum Gasteiger partial charge on any atom is 0.339 e. The minimum Gasteiger partial charge on any atom is -0.497 e. The molecule has 0 N–H and O–H groups in total. The van der Waals surface area contributed by atoms with Crippen molar-refractivity contribution in [3.63, 3.8) is 0 Å². The number of anilines is 1. The normalized spacial score (nSPS) is 19.6. The SMILES string of the molecule is COc1cccc(C(=O)COC(=O)c2cc(-c3ccc(N4C(=O)C5CCC(C)CC5C4=O)cc3)nc3c(C)c(Cl)ccc23)c1. The zero-order valence-electron chi connectivity index (χ0n) is 24.6. The number of hydrogen-bond donors (Lipinski definition) is 0. The maximum atomic E-state index is 13.4. The van der Waals surface area contributed by atoms with E-state index in [1.165, 1.54) is 12.0 Å². The number of halogens is 1. The van der Waals surface area contributed by atoms with Crippen LogP contribution in [-0.4, -0.2) is 42.3 Å². The summed E-state index contributed by atoms with van der Waals surface area (Å²) in [6.07, 6.45) is 2.42. The third-order valence-electron chi connectivity index (χ3n) is 8.72. The Morgan fingerprint density at radius 3 is 2.48 bits per heavy atom. The Bertz CT molecular complexity index is 1820. The molecule has 2 heterocycles. The summed E-state index contributed by atoms with van der Waals surface area (Å²) in [4.78, 5) is 58.7. The lowest BCUT2D eigenvalue weighted by atomic mass is 9.76. The predicted molar refractivity (Wildman–Crippen MR) is 167 cm³/mol. The van der Waals surface area contributed by atoms with Crippen LogP contribution in [-0.2, 0) is 14.3 Å². The molecule has 0 radical (unpaired) electrons. The maximum absolute atomic E-state index is 13.4. The van der Waals surface area contributed by atoms with E-state index in [0.717, 1.165) is 19.3 Å². The standard InChI is InChI=1S/C35H31ClN2O6/c1-19-7-12-26-27(15-19)34(41)38(33(26)40)23-10-8-21(9-11-23)30-17-28(25-13-14-29(36)20(2)32(25)37-30)35(42)44-18-31(39)22-5-4-6-24(16-22)43-3/h4-6,8-11,13-14,16-17,19,26-27H,7,12,15,18H2,1-3H3. The molecular weight excluding hydrogens is 580 g/mol. The number of ketones is 1. The average Bonchev–Trinajstić information content (AvgIpc) is 3.29. The van der Waals surface area contributed by atoms with E-state index in [-0.39, 0.29) is 35.0 Å². The van der Waals surface area contributed by atoms with E-state index in [1.54, 1.807) is 66.7 Å². The molecule has 1 saturated carbocycles. The smallest absolute Gasteiger partial charge is 0.339 e. The van der Waals surface area contributed by atoms with Crippen LogP contribution in [0.5, 0.6) is 5.75 Å². The van der Waals surface area contributed by atoms with Crippen LogP contribution in [0.3, 0.4) is 0 Å². The number of fused-ring (bicyclic) bond motifs is 2. The van der Waals surface area contributed by atoms with Crippen LogP contribution < -0.4 is 9.64 Å². The Morgan fingerprint density at radius 2 is 1.73 bits per heavy atom. The van der Waals surface area contributed by atoms with Gasteiger partial charge >= 0.3 is 5.97 Å². The number of hydrogen-bond acceptors (Lipinski definition) is 7. The predicted octanol–water partition coefficient (Wildman–Crippen LogP) is 6.84. The molecule has 2 amide bonds. The molecule has 44 heavy (non-hydrogen) atoms. The number of imide groups is 1. The molecule has 8 nitrogen and oxygen atoms in total. The number of nitrogens with zero attached hydrogens (tertiary/aromatic N) is 2. The summed E-state index contributed by atoms with van der Waals surface area (Å²) in [7, 11) is 1.51. The molecule has 2 aliphatic rings. The molecule has 1 aromatic heterocycles. The fraction of sp³-hybridized carbons (Fsp3) is 0.286. The van der Waals surface area contributed by atoms with E-state index in [0.29, 0.717) is 55.7 Å². The van der Waals surface area contributed by atoms with Crippen molar-refractivity contribution in [3.05, 3.63) is 88.4 Å². The third-order valence-corrected chi connectivity index (χ3v) is 9.13. The molecule has 6 rings (SSSR count). The molecule has 3 aromatic carbocycles. The topological polar surface area (TPSA) is 103 Å². The number of rotatable bonds is 7. The van der Waals surface area contributed by atoms with E-state index >= 15 is 0 Å². The Balaban J connectivity index is 1.29. The van der Waals surface area contributed by atoms with E-state index < -0.39 is 12.6 Å². The first-order chi connectivity index (χ1) is 21.2. The first kappa shape index (κ1) is 29.5. The minimum absolute atomic E-state index is 0.137. The zero-order valence-corrected chi connectivity index (χ0v) is 25.4. The Labute approximate surface area is 259 Å². The Hall–Kier alpha value is -4.56. The number of benzene rings is 3. The van der Waals surface area contributed by atoms with Crippen LogP contribution in [0.15, 0.2) is 66.7 Å². The highest BCUT2D eigenvalue weighted by molar-refractivity contribution is 6.32. The summed E-state index contributed by atoms with van der Waals surface area (Å²) in [5.74, 6) is -0.889. The van der Waals surface area contributed by atoms with Crippen molar-refractivity contribution in [3.8, 4) is 17.0 Å². The van der Waals surface area contributed by atoms with Crippen molar-refractivity contribution >= 4 is 51.8 Å². The minimum atomic E-state index is -0.682. The first-order valence-corrected chi connectivity index (χ1v) is 15.0. The van der Waals surface area contributed by atoms with E-state index in [2.05, 4.69) is 6.92 Å². The molecule has 9 heteroatoms. The number of carbonyl (C=O) groups is 4. The molecule has 224 valence electrons. The molecule has 3 unspecified atom stereocenters. The number of esters is 1. The van der Waals surface area contributed by atoms with Crippen molar-refractivity contribution in [1.82, 2.24) is 4.98 Å². The van der Waals surface area contributed by atoms with Crippen LogP contribution in [0.2, 0.25) is 5.02 Å². The van der Waals surface area contributed by atoms with Gasteiger partial charge in [0.15, 0.2) is 12.4 Å². The van der Waals surface area contributed by atoms with Gasteiger partial charge in [0.2, 0.25) is 11.8 Å². The van der Waals surface area contributed by atoms with Crippen LogP contribution in [0.25, 0.3) is 22.2 Å².